The van der Waals surface area contributed by atoms with Crippen molar-refractivity contribution in [2.24, 2.45) is 11.6 Å². The monoisotopic (exact) mass is 242 g/mol. The number of rotatable bonds is 2. The highest BCUT2D eigenvalue weighted by Gasteiger charge is 1.98. The van der Waals surface area contributed by atoms with Gasteiger partial charge in [-0.3, -0.25) is 0 Å². The first-order chi connectivity index (χ1) is 6.09. The molecule has 70 valence electrons. The van der Waals surface area contributed by atoms with Gasteiger partial charge in [0.05, 0.1) is 11.4 Å². The first-order valence-electron chi connectivity index (χ1n) is 3.67. The molecule has 13 heavy (non-hydrogen) atoms. The van der Waals surface area contributed by atoms with Crippen molar-refractivity contribution in [2.45, 2.75) is 0 Å². The van der Waals surface area contributed by atoms with Crippen LogP contribution in [0.25, 0.3) is 5.70 Å². The number of halogens is 1. The Hall–Kier alpha value is -1.07. The second-order valence-electron chi connectivity index (χ2n) is 2.60. The highest BCUT2D eigenvalue weighted by molar-refractivity contribution is 9.10. The highest BCUT2D eigenvalue weighted by Crippen LogP contribution is 2.10. The maximum atomic E-state index is 5.72. The van der Waals surface area contributed by atoms with Crippen LogP contribution in [-0.2, 0) is 0 Å². The van der Waals surface area contributed by atoms with Crippen molar-refractivity contribution in [1.82, 2.24) is 9.99 Å². The molecule has 0 aromatic carbocycles. The van der Waals surface area contributed by atoms with E-state index in [2.05, 4.69) is 20.9 Å². The molecular weight excluding hydrogens is 232 g/mol. The zero-order valence-electron chi connectivity index (χ0n) is 7.24. The fourth-order valence-corrected chi connectivity index (χ4v) is 1.20. The minimum absolute atomic E-state index is 0.534. The van der Waals surface area contributed by atoms with E-state index in [1.165, 1.54) is 5.01 Å². The lowest BCUT2D eigenvalue weighted by atomic mass is 10.3. The topological polar surface area (TPSA) is 68.2 Å². The van der Waals surface area contributed by atoms with Gasteiger partial charge in [-0.15, -0.1) is 0 Å². The number of nitrogens with two attached hydrogens (primary N) is 2. The summed E-state index contributed by atoms with van der Waals surface area (Å²) < 4.78 is 0.751. The summed E-state index contributed by atoms with van der Waals surface area (Å²) in [6.07, 6.45) is 1.61. The number of hydrogen-bond acceptors (Lipinski definition) is 4. The predicted octanol–water partition coefficient (Wildman–Crippen LogP) is 0.907. The maximum Gasteiger partial charge on any atom is 0.106 e. The number of pyridine rings is 1. The minimum atomic E-state index is 0.534. The molecule has 0 aliphatic heterocycles. The van der Waals surface area contributed by atoms with Crippen LogP contribution in [0.4, 0.5) is 0 Å². The average Bonchev–Trinajstić information content (AvgIpc) is 2.03. The largest absolute Gasteiger partial charge is 0.396 e. The van der Waals surface area contributed by atoms with Gasteiger partial charge in [-0.25, -0.2) is 10.8 Å². The molecular formula is C8H11BrN4. The summed E-state index contributed by atoms with van der Waals surface area (Å²) in [5, 5.41) is 1.39. The van der Waals surface area contributed by atoms with Crippen LogP contribution in [0.5, 0.6) is 0 Å². The molecule has 0 bridgehead atoms. The molecule has 0 aliphatic rings. The Bertz CT molecular complexity index is 322. The normalized spacial score (nSPS) is 11.5. The lowest BCUT2D eigenvalue weighted by Gasteiger charge is -2.07. The van der Waals surface area contributed by atoms with Gasteiger partial charge >= 0.3 is 0 Å². The molecule has 1 rings (SSSR count). The molecule has 1 heterocycles. The molecule has 0 amide bonds. The van der Waals surface area contributed by atoms with Crippen LogP contribution in [0, 0.1) is 0 Å². The second kappa shape index (κ2) is 4.25. The second-order valence-corrected chi connectivity index (χ2v) is 3.41. The molecule has 1 aromatic rings. The van der Waals surface area contributed by atoms with E-state index in [9.17, 15) is 0 Å². The molecule has 0 spiro atoms. The van der Waals surface area contributed by atoms with E-state index in [-0.39, 0.29) is 0 Å². The summed E-state index contributed by atoms with van der Waals surface area (Å²) in [5.41, 5.74) is 6.96. The number of aromatic nitrogens is 1. The third-order valence-corrected chi connectivity index (χ3v) is 1.80. The summed E-state index contributed by atoms with van der Waals surface area (Å²) in [7, 11) is 1.70. The quantitative estimate of drug-likeness (QED) is 0.460. The lowest BCUT2D eigenvalue weighted by Crippen LogP contribution is -2.20. The molecule has 4 nitrogen and oxygen atoms in total. The lowest BCUT2D eigenvalue weighted by molar-refractivity contribution is 0.485. The number of hydrazine groups is 1. The standard InChI is InChI=1S/C8H11BrN4/c1-13(11)5-6(10)7-3-2-4-8(9)12-7/h2-5H,10-11H2,1H3/b6-5-. The Labute approximate surface area is 85.3 Å². The fourth-order valence-electron chi connectivity index (χ4n) is 0.855. The van der Waals surface area contributed by atoms with E-state index in [1.54, 1.807) is 13.2 Å². The van der Waals surface area contributed by atoms with Crippen LogP contribution in [0.15, 0.2) is 29.0 Å². The van der Waals surface area contributed by atoms with Gasteiger partial charge in [0.1, 0.15) is 4.60 Å². The smallest absolute Gasteiger partial charge is 0.106 e. The Morgan fingerprint density at radius 1 is 1.62 bits per heavy atom. The molecule has 0 fully saturated rings. The Morgan fingerprint density at radius 3 is 2.85 bits per heavy atom. The average molecular weight is 243 g/mol. The van der Waals surface area contributed by atoms with Crippen LogP contribution < -0.4 is 11.6 Å². The van der Waals surface area contributed by atoms with E-state index in [4.69, 9.17) is 11.6 Å². The Balaban J connectivity index is 2.95. The predicted molar refractivity (Wildman–Crippen MR) is 56.1 cm³/mol. The molecule has 0 unspecified atom stereocenters. The van der Waals surface area contributed by atoms with Gasteiger partial charge in [0.2, 0.25) is 0 Å². The van der Waals surface area contributed by atoms with Crippen molar-refractivity contribution < 1.29 is 0 Å². The molecule has 4 N–H and O–H groups in total. The van der Waals surface area contributed by atoms with E-state index in [0.29, 0.717) is 11.4 Å². The van der Waals surface area contributed by atoms with Crippen LogP contribution in [0.3, 0.4) is 0 Å². The van der Waals surface area contributed by atoms with Crippen molar-refractivity contribution in [1.29, 1.82) is 0 Å². The van der Waals surface area contributed by atoms with Crippen LogP contribution in [0.2, 0.25) is 0 Å². The summed E-state index contributed by atoms with van der Waals surface area (Å²) in [5.74, 6) is 5.41. The summed E-state index contributed by atoms with van der Waals surface area (Å²) >= 11 is 3.26. The van der Waals surface area contributed by atoms with Crippen LogP contribution in [-0.4, -0.2) is 17.0 Å². The first-order valence-corrected chi connectivity index (χ1v) is 4.46. The first kappa shape index (κ1) is 10.0. The van der Waals surface area contributed by atoms with E-state index in [1.807, 2.05) is 18.2 Å². The van der Waals surface area contributed by atoms with Gasteiger partial charge in [0.25, 0.3) is 0 Å². The zero-order chi connectivity index (χ0) is 9.84. The van der Waals surface area contributed by atoms with E-state index in [0.717, 1.165) is 4.60 Å². The van der Waals surface area contributed by atoms with Crippen molar-refractivity contribution in [3.63, 3.8) is 0 Å². The van der Waals surface area contributed by atoms with Gasteiger partial charge in [0, 0.05) is 13.2 Å². The fraction of sp³-hybridized carbons (Fsp3) is 0.125. The van der Waals surface area contributed by atoms with Gasteiger partial charge in [-0.1, -0.05) is 6.07 Å². The number of hydrogen-bond donors (Lipinski definition) is 2. The van der Waals surface area contributed by atoms with Gasteiger partial charge in [-0.2, -0.15) is 0 Å². The van der Waals surface area contributed by atoms with E-state index < -0.39 is 0 Å². The van der Waals surface area contributed by atoms with Gasteiger partial charge in [-0.05, 0) is 28.1 Å². The van der Waals surface area contributed by atoms with Crippen LogP contribution in [0.1, 0.15) is 5.69 Å². The molecule has 0 aliphatic carbocycles. The highest BCUT2D eigenvalue weighted by atomic mass is 79.9. The molecule has 0 atom stereocenters. The van der Waals surface area contributed by atoms with E-state index >= 15 is 0 Å². The maximum absolute atomic E-state index is 5.72. The summed E-state index contributed by atoms with van der Waals surface area (Å²) in [6.45, 7) is 0. The van der Waals surface area contributed by atoms with Crippen molar-refractivity contribution in [3.8, 4) is 0 Å². The molecule has 0 saturated carbocycles. The van der Waals surface area contributed by atoms with Gasteiger partial charge < -0.3 is 10.7 Å². The van der Waals surface area contributed by atoms with Crippen molar-refractivity contribution in [2.75, 3.05) is 7.05 Å². The molecule has 0 radical (unpaired) electrons. The third-order valence-electron chi connectivity index (χ3n) is 1.35. The Morgan fingerprint density at radius 2 is 2.31 bits per heavy atom. The zero-order valence-corrected chi connectivity index (χ0v) is 8.82. The Kier molecular flexibility index (Phi) is 3.27. The van der Waals surface area contributed by atoms with Gasteiger partial charge in [0.15, 0.2) is 0 Å². The van der Waals surface area contributed by atoms with Crippen molar-refractivity contribution >= 4 is 21.6 Å². The molecule has 1 aromatic heterocycles. The molecule has 0 saturated heterocycles. The van der Waals surface area contributed by atoms with Crippen molar-refractivity contribution in [3.05, 3.63) is 34.7 Å². The summed E-state index contributed by atoms with van der Waals surface area (Å²) in [4.78, 5) is 4.17. The van der Waals surface area contributed by atoms with Crippen LogP contribution >= 0.6 is 15.9 Å². The summed E-state index contributed by atoms with van der Waals surface area (Å²) in [6, 6.07) is 5.52. The minimum Gasteiger partial charge on any atom is -0.396 e. The third kappa shape index (κ3) is 3.04. The number of nitrogens with zero attached hydrogens (tertiary/aromatic N) is 2. The molecule has 5 heteroatoms. The SMILES string of the molecule is CN(N)/C=C(\N)c1cccc(Br)n1.